The molecule has 0 rings (SSSR count). The van der Waals surface area contributed by atoms with Gasteiger partial charge in [-0.1, -0.05) is 13.8 Å². The molecule has 0 amide bonds. The van der Waals surface area contributed by atoms with Gasteiger partial charge in [-0.05, 0) is 47.0 Å². The lowest BCUT2D eigenvalue weighted by atomic mass is 10.3. The first-order valence-electron chi connectivity index (χ1n) is 11.6. The minimum absolute atomic E-state index is 0.151. The normalized spacial score (nSPS) is 12.5. The number of ether oxygens (including phenoxy) is 6. The molecule has 0 aromatic heterocycles. The van der Waals surface area contributed by atoms with Gasteiger partial charge >= 0.3 is 11.9 Å². The van der Waals surface area contributed by atoms with Crippen molar-refractivity contribution >= 4 is 11.9 Å². The van der Waals surface area contributed by atoms with Crippen LogP contribution >= 0.6 is 0 Å². The van der Waals surface area contributed by atoms with Crippen molar-refractivity contribution in [3.8, 4) is 0 Å². The van der Waals surface area contributed by atoms with Crippen LogP contribution < -0.4 is 0 Å². The van der Waals surface area contributed by atoms with Crippen LogP contribution in [0.3, 0.4) is 0 Å². The van der Waals surface area contributed by atoms with Gasteiger partial charge in [0.15, 0.2) is 0 Å². The molecule has 0 fully saturated rings. The summed E-state index contributed by atoms with van der Waals surface area (Å²) < 4.78 is 30.9. The third kappa shape index (κ3) is 26.7. The summed E-state index contributed by atoms with van der Waals surface area (Å²) in [6.45, 7) is 16.0. The highest BCUT2D eigenvalue weighted by molar-refractivity contribution is 5.69. The van der Waals surface area contributed by atoms with Gasteiger partial charge in [-0.3, -0.25) is 9.59 Å². The van der Waals surface area contributed by atoms with E-state index in [0.29, 0.717) is 78.2 Å². The molecule has 0 aromatic rings. The summed E-state index contributed by atoms with van der Waals surface area (Å²) in [4.78, 5) is 21.9. The van der Waals surface area contributed by atoms with Gasteiger partial charge in [0.1, 0.15) is 0 Å². The molecule has 2 atom stereocenters. The molecule has 31 heavy (non-hydrogen) atoms. The summed E-state index contributed by atoms with van der Waals surface area (Å²) in [6.07, 6.45) is 4.05. The van der Waals surface area contributed by atoms with E-state index >= 15 is 0 Å². The highest BCUT2D eigenvalue weighted by Crippen LogP contribution is 1.97. The van der Waals surface area contributed by atoms with Crippen molar-refractivity contribution in [3.63, 3.8) is 0 Å². The predicted octanol–water partition coefficient (Wildman–Crippen LogP) is 3.93. The van der Waals surface area contributed by atoms with Crippen molar-refractivity contribution in [2.75, 3.05) is 52.9 Å². The van der Waals surface area contributed by atoms with E-state index in [2.05, 4.69) is 13.8 Å². The number of esters is 2. The first kappa shape index (κ1) is 32.0. The monoisotopic (exact) mass is 450 g/mol. The summed E-state index contributed by atoms with van der Waals surface area (Å²) in [6, 6.07) is 0. The van der Waals surface area contributed by atoms with Crippen molar-refractivity contribution in [2.45, 2.75) is 85.9 Å². The highest BCUT2D eigenvalue weighted by Gasteiger charge is 2.02. The molecule has 0 saturated carbocycles. The molecule has 8 heteroatoms. The average Bonchev–Trinajstić information content (AvgIpc) is 2.75. The predicted molar refractivity (Wildman–Crippen MR) is 120 cm³/mol. The third-order valence-corrected chi connectivity index (χ3v) is 4.14. The first-order valence-corrected chi connectivity index (χ1v) is 11.6. The fourth-order valence-electron chi connectivity index (χ4n) is 2.00. The lowest BCUT2D eigenvalue weighted by molar-refractivity contribution is -0.145. The first-order chi connectivity index (χ1) is 14.9. The minimum atomic E-state index is -0.208. The van der Waals surface area contributed by atoms with Crippen LogP contribution in [0.2, 0.25) is 0 Å². The van der Waals surface area contributed by atoms with E-state index in [1.165, 1.54) is 0 Å². The average molecular weight is 451 g/mol. The van der Waals surface area contributed by atoms with Crippen LogP contribution in [0.5, 0.6) is 0 Å². The molecule has 0 saturated heterocycles. The van der Waals surface area contributed by atoms with Gasteiger partial charge < -0.3 is 28.4 Å². The van der Waals surface area contributed by atoms with Gasteiger partial charge in [-0.15, -0.1) is 0 Å². The van der Waals surface area contributed by atoms with Gasteiger partial charge in [0.2, 0.25) is 0 Å². The molecular weight excluding hydrogens is 404 g/mol. The number of hydrogen-bond acceptors (Lipinski definition) is 8. The third-order valence-electron chi connectivity index (χ3n) is 4.14. The topological polar surface area (TPSA) is 89.5 Å². The Bertz CT molecular complexity index is 403. The van der Waals surface area contributed by atoms with Crippen LogP contribution in [0.25, 0.3) is 0 Å². The summed E-state index contributed by atoms with van der Waals surface area (Å²) >= 11 is 0. The van der Waals surface area contributed by atoms with Crippen LogP contribution in [0.4, 0.5) is 0 Å². The Kier molecular flexibility index (Phi) is 25.8. The summed E-state index contributed by atoms with van der Waals surface area (Å²) in [7, 11) is 0. The van der Waals surface area contributed by atoms with Crippen molar-refractivity contribution in [3.05, 3.63) is 0 Å². The SMILES string of the molecule is CCOC(=O)CCCOCCOC(C)CC.CCOC(=O)CCOCCOC(C)CC. The van der Waals surface area contributed by atoms with E-state index in [1.807, 2.05) is 13.8 Å². The molecular formula is C23H46O8. The Balaban J connectivity index is 0. The summed E-state index contributed by atoms with van der Waals surface area (Å²) in [5.41, 5.74) is 0. The van der Waals surface area contributed by atoms with Gasteiger partial charge in [-0.2, -0.15) is 0 Å². The van der Waals surface area contributed by atoms with Crippen molar-refractivity contribution in [1.82, 2.24) is 0 Å². The van der Waals surface area contributed by atoms with Crippen LogP contribution in [0.15, 0.2) is 0 Å². The fourth-order valence-corrected chi connectivity index (χ4v) is 2.00. The number of hydrogen-bond donors (Lipinski definition) is 0. The second kappa shape index (κ2) is 25.0. The zero-order chi connectivity index (χ0) is 23.7. The van der Waals surface area contributed by atoms with Gasteiger partial charge in [0, 0.05) is 13.0 Å². The molecule has 0 heterocycles. The van der Waals surface area contributed by atoms with Crippen molar-refractivity contribution in [2.24, 2.45) is 0 Å². The van der Waals surface area contributed by atoms with E-state index in [0.717, 1.165) is 12.8 Å². The molecule has 0 aliphatic heterocycles. The number of carbonyl (C=O) groups excluding carboxylic acids is 2. The second-order valence-corrected chi connectivity index (χ2v) is 6.87. The molecule has 0 bridgehead atoms. The fraction of sp³-hybridized carbons (Fsp3) is 0.913. The van der Waals surface area contributed by atoms with Crippen molar-refractivity contribution in [1.29, 1.82) is 0 Å². The molecule has 0 aliphatic rings. The minimum Gasteiger partial charge on any atom is -0.466 e. The lowest BCUT2D eigenvalue weighted by Gasteiger charge is -2.10. The number of carbonyl (C=O) groups is 2. The Morgan fingerprint density at radius 1 is 0.613 bits per heavy atom. The zero-order valence-corrected chi connectivity index (χ0v) is 20.6. The zero-order valence-electron chi connectivity index (χ0n) is 20.6. The summed E-state index contributed by atoms with van der Waals surface area (Å²) in [5, 5.41) is 0. The van der Waals surface area contributed by atoms with Crippen molar-refractivity contribution < 1.29 is 38.0 Å². The molecule has 0 spiro atoms. The molecule has 0 aliphatic carbocycles. The van der Waals surface area contributed by atoms with Crippen LogP contribution in [0, 0.1) is 0 Å². The van der Waals surface area contributed by atoms with Crippen LogP contribution in [-0.2, 0) is 38.0 Å². The Hall–Kier alpha value is -1.22. The lowest BCUT2D eigenvalue weighted by Crippen LogP contribution is -2.14. The smallest absolute Gasteiger partial charge is 0.308 e. The maximum Gasteiger partial charge on any atom is 0.308 e. The van der Waals surface area contributed by atoms with Crippen LogP contribution in [-0.4, -0.2) is 77.0 Å². The summed E-state index contributed by atoms with van der Waals surface area (Å²) in [5.74, 6) is -0.359. The van der Waals surface area contributed by atoms with E-state index in [1.54, 1.807) is 13.8 Å². The molecule has 8 nitrogen and oxygen atoms in total. The molecule has 186 valence electrons. The van der Waals surface area contributed by atoms with Gasteiger partial charge in [-0.25, -0.2) is 0 Å². The largest absolute Gasteiger partial charge is 0.466 e. The highest BCUT2D eigenvalue weighted by atomic mass is 16.5. The molecule has 0 radical (unpaired) electrons. The van der Waals surface area contributed by atoms with E-state index in [9.17, 15) is 9.59 Å². The van der Waals surface area contributed by atoms with E-state index in [-0.39, 0.29) is 18.0 Å². The number of rotatable bonds is 19. The van der Waals surface area contributed by atoms with Gasteiger partial charge in [0.25, 0.3) is 0 Å². The standard InChI is InChI=1S/C12H24O4.C11H22O4/c1-4-11(3)16-10-9-14-8-6-7-12(13)15-5-2;1-4-10(3)15-9-8-13-7-6-11(12)14-5-2/h11H,4-10H2,1-3H3;10H,4-9H2,1-3H3. The Morgan fingerprint density at radius 3 is 1.52 bits per heavy atom. The van der Waals surface area contributed by atoms with Crippen LogP contribution in [0.1, 0.15) is 73.6 Å². The van der Waals surface area contributed by atoms with E-state index < -0.39 is 0 Å². The quantitative estimate of drug-likeness (QED) is 0.216. The Morgan fingerprint density at radius 2 is 1.06 bits per heavy atom. The maximum atomic E-state index is 11.0. The van der Waals surface area contributed by atoms with E-state index in [4.69, 9.17) is 28.4 Å². The maximum absolute atomic E-state index is 11.0. The second-order valence-electron chi connectivity index (χ2n) is 6.87. The Labute approximate surface area is 189 Å². The van der Waals surface area contributed by atoms with Gasteiger partial charge in [0.05, 0.1) is 64.9 Å². The molecule has 0 N–H and O–H groups in total. The molecule has 2 unspecified atom stereocenters. The molecule has 0 aromatic carbocycles.